The standard InChI is InChI=1S/C24H32N4O4S/c1-3-27(4-2)33(30,31)20-11-9-19(10-12-20)25-23-21-7-5-6-8-22(21)24(29)28(23)14-13-26-15-17-32-18-16-26/h5-12,23,25H,3-4,13-18H2,1-2H3/t23-/m1/s1. The molecule has 2 aromatic carbocycles. The zero-order valence-corrected chi connectivity index (χ0v) is 20.1. The third-order valence-corrected chi connectivity index (χ3v) is 8.38. The fourth-order valence-electron chi connectivity index (χ4n) is 4.42. The van der Waals surface area contributed by atoms with Crippen LogP contribution in [-0.2, 0) is 14.8 Å². The molecule has 0 bridgehead atoms. The molecule has 1 fully saturated rings. The third-order valence-electron chi connectivity index (χ3n) is 6.32. The maximum atomic E-state index is 13.2. The van der Waals surface area contributed by atoms with Gasteiger partial charge in [0.15, 0.2) is 0 Å². The minimum absolute atomic E-state index is 0.0112. The lowest BCUT2D eigenvalue weighted by molar-refractivity contribution is 0.0314. The van der Waals surface area contributed by atoms with Crippen LogP contribution in [0.4, 0.5) is 5.69 Å². The number of carbonyl (C=O) groups is 1. The van der Waals surface area contributed by atoms with Crippen molar-refractivity contribution in [3.05, 3.63) is 59.7 Å². The van der Waals surface area contributed by atoms with Gasteiger partial charge in [-0.05, 0) is 30.3 Å². The molecular weight excluding hydrogens is 440 g/mol. The molecule has 0 saturated carbocycles. The number of nitrogens with zero attached hydrogens (tertiary/aromatic N) is 3. The van der Waals surface area contributed by atoms with Crippen molar-refractivity contribution in [3.8, 4) is 0 Å². The summed E-state index contributed by atoms with van der Waals surface area (Å²) < 4.78 is 32.4. The largest absolute Gasteiger partial charge is 0.379 e. The number of sulfonamides is 1. The summed E-state index contributed by atoms with van der Waals surface area (Å²) in [5.74, 6) is 0.0112. The number of anilines is 1. The van der Waals surface area contributed by atoms with Crippen LogP contribution in [0.2, 0.25) is 0 Å². The minimum atomic E-state index is -3.51. The SMILES string of the molecule is CCN(CC)S(=O)(=O)c1ccc(N[C@H]2c3ccccc3C(=O)N2CCN2CCOCC2)cc1. The van der Waals surface area contributed by atoms with Gasteiger partial charge in [-0.15, -0.1) is 0 Å². The van der Waals surface area contributed by atoms with Crippen molar-refractivity contribution in [1.82, 2.24) is 14.1 Å². The highest BCUT2D eigenvalue weighted by Crippen LogP contribution is 2.34. The average Bonchev–Trinajstić information content (AvgIpc) is 3.10. The Balaban J connectivity index is 1.53. The molecule has 1 N–H and O–H groups in total. The number of fused-ring (bicyclic) bond motifs is 1. The topological polar surface area (TPSA) is 82.2 Å². The molecule has 2 aliphatic rings. The number of hydrogen-bond acceptors (Lipinski definition) is 6. The second-order valence-electron chi connectivity index (χ2n) is 8.20. The molecule has 0 spiro atoms. The predicted molar refractivity (Wildman–Crippen MR) is 128 cm³/mol. The number of nitrogens with one attached hydrogen (secondary N) is 1. The number of benzene rings is 2. The molecule has 1 saturated heterocycles. The van der Waals surface area contributed by atoms with E-state index in [-0.39, 0.29) is 17.0 Å². The Labute approximate surface area is 196 Å². The Kier molecular flexibility index (Phi) is 7.33. The van der Waals surface area contributed by atoms with Crippen LogP contribution in [0.1, 0.15) is 35.9 Å². The van der Waals surface area contributed by atoms with Gasteiger partial charge in [-0.1, -0.05) is 32.0 Å². The van der Waals surface area contributed by atoms with Gasteiger partial charge >= 0.3 is 0 Å². The molecule has 8 nitrogen and oxygen atoms in total. The van der Waals surface area contributed by atoms with Crippen molar-refractivity contribution >= 4 is 21.6 Å². The first-order valence-electron chi connectivity index (χ1n) is 11.5. The maximum absolute atomic E-state index is 13.2. The van der Waals surface area contributed by atoms with Gasteiger partial charge in [0.1, 0.15) is 6.17 Å². The lowest BCUT2D eigenvalue weighted by Crippen LogP contribution is -2.43. The van der Waals surface area contributed by atoms with E-state index in [2.05, 4.69) is 10.2 Å². The van der Waals surface area contributed by atoms with E-state index < -0.39 is 10.0 Å². The van der Waals surface area contributed by atoms with Crippen molar-refractivity contribution in [1.29, 1.82) is 0 Å². The van der Waals surface area contributed by atoms with Crippen LogP contribution in [0, 0.1) is 0 Å². The first-order valence-corrected chi connectivity index (χ1v) is 13.0. The molecule has 4 rings (SSSR count). The second-order valence-corrected chi connectivity index (χ2v) is 10.1. The number of hydrogen-bond donors (Lipinski definition) is 1. The van der Waals surface area contributed by atoms with Gasteiger partial charge < -0.3 is 15.0 Å². The van der Waals surface area contributed by atoms with Gasteiger partial charge in [-0.2, -0.15) is 4.31 Å². The fourth-order valence-corrected chi connectivity index (χ4v) is 5.88. The van der Waals surface area contributed by atoms with Crippen LogP contribution in [0.5, 0.6) is 0 Å². The highest BCUT2D eigenvalue weighted by molar-refractivity contribution is 7.89. The Bertz CT molecular complexity index is 1060. The molecule has 9 heteroatoms. The number of ether oxygens (including phenoxy) is 1. The van der Waals surface area contributed by atoms with Crippen molar-refractivity contribution in [2.24, 2.45) is 0 Å². The summed E-state index contributed by atoms with van der Waals surface area (Å²) >= 11 is 0. The Morgan fingerprint density at radius 1 is 1.00 bits per heavy atom. The predicted octanol–water partition coefficient (Wildman–Crippen LogP) is 2.62. The van der Waals surface area contributed by atoms with Crippen molar-refractivity contribution in [3.63, 3.8) is 0 Å². The summed E-state index contributed by atoms with van der Waals surface area (Å²) in [6.07, 6.45) is -0.306. The van der Waals surface area contributed by atoms with E-state index in [0.717, 1.165) is 44.1 Å². The van der Waals surface area contributed by atoms with Gasteiger partial charge in [0, 0.05) is 56.1 Å². The smallest absolute Gasteiger partial charge is 0.256 e. The molecule has 0 radical (unpaired) electrons. The van der Waals surface area contributed by atoms with Gasteiger partial charge in [-0.25, -0.2) is 8.42 Å². The summed E-state index contributed by atoms with van der Waals surface area (Å²) in [5, 5.41) is 3.45. The van der Waals surface area contributed by atoms with Gasteiger partial charge in [0.25, 0.3) is 5.91 Å². The number of carbonyl (C=O) groups excluding carboxylic acids is 1. The number of amides is 1. The van der Waals surface area contributed by atoms with Crippen LogP contribution in [0.3, 0.4) is 0 Å². The molecule has 2 heterocycles. The van der Waals surface area contributed by atoms with Crippen LogP contribution < -0.4 is 5.32 Å². The molecule has 0 aromatic heterocycles. The molecule has 2 aliphatic heterocycles. The van der Waals surface area contributed by atoms with E-state index >= 15 is 0 Å². The average molecular weight is 473 g/mol. The Morgan fingerprint density at radius 2 is 1.67 bits per heavy atom. The quantitative estimate of drug-likeness (QED) is 0.604. The molecular formula is C24H32N4O4S. The maximum Gasteiger partial charge on any atom is 0.256 e. The van der Waals surface area contributed by atoms with Crippen LogP contribution in [-0.4, -0.2) is 80.9 Å². The molecule has 1 amide bonds. The van der Waals surface area contributed by atoms with E-state index in [1.807, 2.05) is 43.0 Å². The lowest BCUT2D eigenvalue weighted by atomic mass is 10.1. The highest BCUT2D eigenvalue weighted by atomic mass is 32.2. The minimum Gasteiger partial charge on any atom is -0.379 e. The van der Waals surface area contributed by atoms with Crippen molar-refractivity contribution in [2.45, 2.75) is 24.9 Å². The monoisotopic (exact) mass is 472 g/mol. The summed E-state index contributed by atoms with van der Waals surface area (Å²) in [7, 11) is -3.51. The van der Waals surface area contributed by atoms with Crippen molar-refractivity contribution in [2.75, 3.05) is 57.8 Å². The zero-order chi connectivity index (χ0) is 23.4. The van der Waals surface area contributed by atoms with Gasteiger partial charge in [-0.3, -0.25) is 9.69 Å². The molecule has 1 atom stereocenters. The van der Waals surface area contributed by atoms with Crippen LogP contribution in [0.15, 0.2) is 53.4 Å². The van der Waals surface area contributed by atoms with Crippen molar-refractivity contribution < 1.29 is 17.9 Å². The van der Waals surface area contributed by atoms with Gasteiger partial charge in [0.2, 0.25) is 10.0 Å². The third kappa shape index (κ3) is 4.91. The summed E-state index contributed by atoms with van der Waals surface area (Å²) in [6, 6.07) is 14.4. The van der Waals surface area contributed by atoms with Crippen LogP contribution in [0.25, 0.3) is 0 Å². The van der Waals surface area contributed by atoms with E-state index in [4.69, 9.17) is 4.74 Å². The Morgan fingerprint density at radius 3 is 2.33 bits per heavy atom. The molecule has 2 aromatic rings. The van der Waals surface area contributed by atoms with E-state index in [1.54, 1.807) is 24.3 Å². The fraction of sp³-hybridized carbons (Fsp3) is 0.458. The lowest BCUT2D eigenvalue weighted by Gasteiger charge is -2.31. The summed E-state index contributed by atoms with van der Waals surface area (Å²) in [4.78, 5) is 17.6. The highest BCUT2D eigenvalue weighted by Gasteiger charge is 2.36. The molecule has 0 unspecified atom stereocenters. The first-order chi connectivity index (χ1) is 16.0. The first kappa shape index (κ1) is 23.7. The van der Waals surface area contributed by atoms with Crippen LogP contribution >= 0.6 is 0 Å². The van der Waals surface area contributed by atoms with Gasteiger partial charge in [0.05, 0.1) is 18.1 Å². The normalized spacial score (nSPS) is 19.2. The van der Waals surface area contributed by atoms with E-state index in [0.29, 0.717) is 25.2 Å². The van der Waals surface area contributed by atoms with E-state index in [9.17, 15) is 13.2 Å². The van der Waals surface area contributed by atoms with E-state index in [1.165, 1.54) is 4.31 Å². The molecule has 178 valence electrons. The Hall–Kier alpha value is -2.46. The number of rotatable bonds is 9. The summed E-state index contributed by atoms with van der Waals surface area (Å²) in [6.45, 7) is 9.08. The molecule has 33 heavy (non-hydrogen) atoms. The zero-order valence-electron chi connectivity index (χ0n) is 19.2. The second kappa shape index (κ2) is 10.2. The summed E-state index contributed by atoms with van der Waals surface area (Å²) in [5.41, 5.74) is 2.40. The molecule has 0 aliphatic carbocycles. The number of morpholine rings is 1.